The van der Waals surface area contributed by atoms with Gasteiger partial charge in [-0.2, -0.15) is 0 Å². The molecule has 0 radical (unpaired) electrons. The summed E-state index contributed by atoms with van der Waals surface area (Å²) in [5.41, 5.74) is 21.4. The molecule has 0 bridgehead atoms. The Morgan fingerprint density at radius 2 is 0.535 bits per heavy atom. The molecule has 9 saturated heterocycles. The van der Waals surface area contributed by atoms with E-state index in [0.717, 1.165) is 215 Å². The summed E-state index contributed by atoms with van der Waals surface area (Å²) in [6, 6.07) is 1.92. The third-order valence-corrected chi connectivity index (χ3v) is 30.0. The van der Waals surface area contributed by atoms with Crippen molar-refractivity contribution in [3.8, 4) is 0 Å². The lowest BCUT2D eigenvalue weighted by molar-refractivity contribution is -0.262. The van der Waals surface area contributed by atoms with E-state index >= 15 is 0 Å². The Balaban J connectivity index is 0.766. The minimum Gasteiger partial charge on any atom is -0.368 e. The van der Waals surface area contributed by atoms with Crippen LogP contribution in [-0.2, 0) is 14.5 Å². The third kappa shape index (κ3) is 28.5. The van der Waals surface area contributed by atoms with Crippen molar-refractivity contribution in [2.45, 2.75) is 570 Å². The Bertz CT molecular complexity index is 3680. The summed E-state index contributed by atoms with van der Waals surface area (Å²) in [5, 5.41) is 37.0. The largest absolute Gasteiger partial charge is 0.368 e. The molecule has 12 aliphatic heterocycles. The molecule has 27 nitrogen and oxygen atoms in total. The SMILES string of the molecule is CC1(C)CC(ON2NC(NC3CC(C)(C)N(C4CC(C)(C)NC(C)(C)C4)C(C)(C)C3)=CC(=NCCCCCCN(CCCCCCN=C3C=C(NC4CC(C)(C)N(C5CC(C)(C)NC(C)(C)C5)C(C)(C)C4)NN(OC4CC(C)(C)NC(C)(C)C4)N3)C3=CC(=NC4CC(C)(C)N(C5CC(C)(C)NC(C)(C)C5)C(C)(C)C4)NN(OC4CC(C)(C)NC(C)(C)C4)N3)N2)CC(C)(C)N1. The predicted octanol–water partition coefficient (Wildman–Crippen LogP) is 16.0. The van der Waals surface area contributed by atoms with Gasteiger partial charge in [0.25, 0.3) is 0 Å². The molecule has 0 aromatic heterocycles. The van der Waals surface area contributed by atoms with E-state index in [0.29, 0.717) is 31.2 Å². The van der Waals surface area contributed by atoms with Gasteiger partial charge in [0.05, 0.1) is 24.4 Å². The van der Waals surface area contributed by atoms with Crippen LogP contribution in [0.25, 0.3) is 0 Å². The number of piperidine rings is 9. The number of rotatable bonds is 29. The highest BCUT2D eigenvalue weighted by Crippen LogP contribution is 2.50. The molecule has 0 aromatic carbocycles. The summed E-state index contributed by atoms with van der Waals surface area (Å²) in [4.78, 5) is 48.9. The van der Waals surface area contributed by atoms with E-state index in [1.54, 1.807) is 10.6 Å². The highest BCUT2D eigenvalue weighted by atomic mass is 16.8. The van der Waals surface area contributed by atoms with Crippen molar-refractivity contribution >= 4 is 17.5 Å². The van der Waals surface area contributed by atoms with E-state index in [2.05, 4.69) is 362 Å². The van der Waals surface area contributed by atoms with Gasteiger partial charge in [0.2, 0.25) is 0 Å². The lowest BCUT2D eigenvalue weighted by atomic mass is 9.71. The summed E-state index contributed by atoms with van der Waals surface area (Å²) in [7, 11) is 0. The van der Waals surface area contributed by atoms with E-state index in [9.17, 15) is 0 Å². The number of likely N-dealkylation sites (tertiary alicyclic amines) is 3. The second-order valence-corrected chi connectivity index (χ2v) is 54.6. The average Bonchev–Trinajstić information content (AvgIpc) is 0.744. The van der Waals surface area contributed by atoms with Gasteiger partial charge in [-0.05, 0) is 406 Å². The molecule has 0 unspecified atom stereocenters. The molecular formula is C102H194N24O3. The van der Waals surface area contributed by atoms with Gasteiger partial charge < -0.3 is 47.4 Å². The second-order valence-electron chi connectivity index (χ2n) is 54.6. The first-order valence-electron chi connectivity index (χ1n) is 51.2. The minimum absolute atomic E-state index is 0.0207. The summed E-state index contributed by atoms with van der Waals surface area (Å²) in [6.45, 7) is 89.0. The summed E-state index contributed by atoms with van der Waals surface area (Å²) >= 11 is 0. The van der Waals surface area contributed by atoms with Crippen molar-refractivity contribution in [2.75, 3.05) is 26.2 Å². The number of hydrogen-bond donors (Lipinski definition) is 14. The highest BCUT2D eigenvalue weighted by Gasteiger charge is 2.57. The number of aliphatic imine (C=N–C) groups is 3. The van der Waals surface area contributed by atoms with Crippen molar-refractivity contribution in [3.05, 3.63) is 35.7 Å². The Labute approximate surface area is 785 Å². The van der Waals surface area contributed by atoms with Crippen molar-refractivity contribution < 1.29 is 14.5 Å². The molecule has 0 amide bonds. The summed E-state index contributed by atoms with van der Waals surface area (Å²) < 4.78 is 0. The molecule has 0 spiro atoms. The molecule has 740 valence electrons. The van der Waals surface area contributed by atoms with E-state index in [-0.39, 0.29) is 136 Å². The summed E-state index contributed by atoms with van der Waals surface area (Å²) in [5.74, 6) is 5.27. The number of hydrogen-bond acceptors (Lipinski definition) is 24. The Morgan fingerprint density at radius 1 is 0.287 bits per heavy atom. The number of unbranched alkanes of at least 4 members (excludes halogenated alkanes) is 6. The first kappa shape index (κ1) is 104. The Kier molecular flexibility index (Phi) is 30.3. The highest BCUT2D eigenvalue weighted by molar-refractivity contribution is 5.94. The standard InChI is InChI=1S/C102H194N24O3/c1-85(2)58-73(59-86(3,4)114-85)121-97(25,26)52-70(53-98(121,27)28)105-81-49-79(108-124(110-81)127-76-64-91(13,14)117-92(15,16)65-76)103-45-41-37-39-43-47-120(84-51-83(112-126(113-84)129-78-68-95(21,22)119-96(23,24)69-78)107-72-56-101(33,34)123(102(35,36)57-72)75-62-89(9,10)116-90(11,12)63-75)48-44-40-38-42-46-104-80-50-82(111-125(109-80)128-77-66-93(17,18)118-94(19,20)67-77)106-71-54-99(29,30)122(100(31,32)55-71)74-60-87(5,6)115-88(7,8)61-74/h49-51,70-78,105-106,110-111,113-119H,37-48,52-69H2,1-36H3,(H,103,108)(H,104,109)(H,107,112). The molecule has 0 saturated carbocycles. The fraction of sp³-hybridized carbons (Fsp3) is 0.912. The van der Waals surface area contributed by atoms with Crippen molar-refractivity contribution in [2.24, 2.45) is 15.0 Å². The molecule has 27 heteroatoms. The molecular weight excluding hydrogens is 1610 g/mol. The van der Waals surface area contributed by atoms with Gasteiger partial charge in [-0.15, -0.1) is 0 Å². The first-order valence-corrected chi connectivity index (χ1v) is 51.2. The molecule has 14 N–H and O–H groups in total. The van der Waals surface area contributed by atoms with Crippen molar-refractivity contribution in [1.29, 1.82) is 0 Å². The molecule has 12 rings (SSSR count). The van der Waals surface area contributed by atoms with Gasteiger partial charge in [-0.1, -0.05) is 25.7 Å². The van der Waals surface area contributed by atoms with Gasteiger partial charge in [0, 0.05) is 174 Å². The lowest BCUT2D eigenvalue weighted by Crippen LogP contribution is -2.71. The van der Waals surface area contributed by atoms with Crippen LogP contribution in [0.1, 0.15) is 416 Å². The van der Waals surface area contributed by atoms with E-state index < -0.39 is 0 Å². The van der Waals surface area contributed by atoms with Crippen LogP contribution in [0.2, 0.25) is 0 Å². The smallest absolute Gasteiger partial charge is 0.142 e. The van der Waals surface area contributed by atoms with Crippen LogP contribution < -0.4 is 75.1 Å². The Morgan fingerprint density at radius 3 is 0.822 bits per heavy atom. The van der Waals surface area contributed by atoms with Crippen LogP contribution in [0.15, 0.2) is 50.7 Å². The fourth-order valence-corrected chi connectivity index (χ4v) is 29.7. The van der Waals surface area contributed by atoms with Crippen LogP contribution >= 0.6 is 0 Å². The quantitative estimate of drug-likeness (QED) is 0.0311. The van der Waals surface area contributed by atoms with Gasteiger partial charge in [-0.3, -0.25) is 76.7 Å². The zero-order chi connectivity index (χ0) is 95.2. The van der Waals surface area contributed by atoms with E-state index in [1.165, 1.54) is 0 Å². The zero-order valence-electron chi connectivity index (χ0n) is 88.8. The van der Waals surface area contributed by atoms with Crippen LogP contribution in [-0.4, -0.2) is 233 Å². The summed E-state index contributed by atoms with van der Waals surface area (Å²) in [6.07, 6.45) is 32.5. The topological polar surface area (TPSA) is 256 Å². The average molecular weight is 1800 g/mol. The normalized spacial score (nSPS) is 30.6. The van der Waals surface area contributed by atoms with Crippen molar-refractivity contribution in [3.63, 3.8) is 0 Å². The fourth-order valence-electron chi connectivity index (χ4n) is 29.7. The first-order chi connectivity index (χ1) is 58.9. The molecule has 9 fully saturated rings. The van der Waals surface area contributed by atoms with Gasteiger partial charge >= 0.3 is 0 Å². The molecule has 0 aromatic rings. The minimum atomic E-state index is -0.118. The number of hydrazine groups is 6. The third-order valence-electron chi connectivity index (χ3n) is 30.0. The van der Waals surface area contributed by atoms with Gasteiger partial charge in [0.1, 0.15) is 35.0 Å². The van der Waals surface area contributed by atoms with E-state index in [1.807, 2.05) is 5.28 Å². The molecule has 0 atom stereocenters. The maximum Gasteiger partial charge on any atom is 0.142 e. The van der Waals surface area contributed by atoms with Crippen molar-refractivity contribution in [1.82, 2.24) is 111 Å². The van der Waals surface area contributed by atoms with Gasteiger partial charge in [0.15, 0.2) is 0 Å². The second kappa shape index (κ2) is 37.6. The molecule has 129 heavy (non-hydrogen) atoms. The molecule has 12 heterocycles. The Hall–Kier alpha value is -4.17. The monoisotopic (exact) mass is 1800 g/mol. The molecule has 0 aliphatic carbocycles. The predicted molar refractivity (Wildman–Crippen MR) is 534 cm³/mol. The maximum atomic E-state index is 7.19. The van der Waals surface area contributed by atoms with E-state index in [4.69, 9.17) is 29.5 Å². The van der Waals surface area contributed by atoms with Crippen LogP contribution in [0, 0.1) is 0 Å². The van der Waals surface area contributed by atoms with Crippen LogP contribution in [0.3, 0.4) is 0 Å². The number of nitrogens with one attached hydrogen (secondary N) is 14. The zero-order valence-corrected chi connectivity index (χ0v) is 88.8. The van der Waals surface area contributed by atoms with Crippen LogP contribution in [0.5, 0.6) is 0 Å². The molecule has 12 aliphatic rings. The van der Waals surface area contributed by atoms with Gasteiger partial charge in [-0.25, -0.2) is 0 Å². The maximum absolute atomic E-state index is 7.19. The number of amidine groups is 3. The lowest BCUT2D eigenvalue weighted by Gasteiger charge is -2.62. The van der Waals surface area contributed by atoms with Crippen LogP contribution in [0.4, 0.5) is 0 Å². The number of nitrogens with zero attached hydrogens (tertiary/aromatic N) is 10.